The molecular formula is C103H91Ir3N7O2SSi3-6. The number of hydrogen-bond donors (Lipinski definition) is 0. The van der Waals surface area contributed by atoms with Crippen molar-refractivity contribution in [2.45, 2.75) is 86.5 Å². The number of thiophene rings is 1. The Kier molecular flexibility index (Phi) is 30.7. The number of pyridine rings is 7. The van der Waals surface area contributed by atoms with Crippen LogP contribution in [0.25, 0.3) is 132 Å². The zero-order valence-electron chi connectivity index (χ0n) is 68.7. The van der Waals surface area contributed by atoms with Crippen molar-refractivity contribution >= 4 is 120 Å². The second kappa shape index (κ2) is 40.9. The van der Waals surface area contributed by atoms with Crippen molar-refractivity contribution in [3.63, 3.8) is 0 Å². The van der Waals surface area contributed by atoms with Crippen molar-refractivity contribution in [1.29, 1.82) is 0 Å². The van der Waals surface area contributed by atoms with Crippen molar-refractivity contribution < 1.29 is 69.2 Å². The molecule has 0 saturated heterocycles. The van der Waals surface area contributed by atoms with E-state index < -0.39 is 24.2 Å². The molecule has 0 saturated carbocycles. The van der Waals surface area contributed by atoms with E-state index >= 15 is 0 Å². The molecule has 601 valence electrons. The molecule has 9 nitrogen and oxygen atoms in total. The Labute approximate surface area is 747 Å². The first-order valence-electron chi connectivity index (χ1n) is 39.2. The van der Waals surface area contributed by atoms with Crippen molar-refractivity contribution in [2.75, 3.05) is 0 Å². The third-order valence-corrected chi connectivity index (χ3v) is 28.9. The Hall–Kier alpha value is -10.6. The minimum absolute atomic E-state index is 0. The molecule has 19 rings (SSSR count). The fraction of sp³-hybridized carbons (Fsp3) is 0.136. The number of rotatable bonds is 12. The van der Waals surface area contributed by atoms with Crippen LogP contribution >= 0.6 is 11.3 Å². The van der Waals surface area contributed by atoms with Crippen LogP contribution in [-0.4, -0.2) is 59.1 Å². The van der Waals surface area contributed by atoms with E-state index in [9.17, 15) is 0 Å². The summed E-state index contributed by atoms with van der Waals surface area (Å²) in [5.41, 5.74) is 18.6. The molecule has 0 N–H and O–H groups in total. The molecule has 9 aromatic carbocycles. The fourth-order valence-corrected chi connectivity index (χ4v) is 19.8. The maximum Gasteiger partial charge on any atom is 0.142 e. The maximum absolute atomic E-state index is 6.39. The van der Waals surface area contributed by atoms with E-state index in [0.29, 0.717) is 5.92 Å². The molecule has 19 aromatic rings. The second-order valence-electron chi connectivity index (χ2n) is 31.5. The van der Waals surface area contributed by atoms with Crippen LogP contribution in [0.1, 0.15) is 30.8 Å². The molecule has 0 aliphatic carbocycles. The number of fused-ring (bicyclic) bond motifs is 9. The van der Waals surface area contributed by atoms with Crippen LogP contribution in [0.2, 0.25) is 52.4 Å². The second-order valence-corrected chi connectivity index (χ2v) is 47.1. The molecule has 0 bridgehead atoms. The van der Waals surface area contributed by atoms with Crippen molar-refractivity contribution in [2.24, 2.45) is 5.92 Å². The topological polar surface area (TPSA) is 117 Å². The van der Waals surface area contributed by atoms with Gasteiger partial charge in [-0.25, -0.2) is 0 Å². The largest absolute Gasteiger partial charge is 0.499 e. The first-order chi connectivity index (χ1) is 56.2. The summed E-state index contributed by atoms with van der Waals surface area (Å²) < 4.78 is 15.0. The number of nitrogens with zero attached hydrogens (tertiary/aromatic N) is 7. The van der Waals surface area contributed by atoms with E-state index in [1.54, 1.807) is 18.6 Å². The van der Waals surface area contributed by atoms with Gasteiger partial charge in [0, 0.05) is 113 Å². The van der Waals surface area contributed by atoms with E-state index in [0.717, 1.165) is 129 Å². The number of furan rings is 2. The van der Waals surface area contributed by atoms with E-state index in [4.69, 9.17) is 13.8 Å². The third kappa shape index (κ3) is 22.1. The predicted molar refractivity (Wildman–Crippen MR) is 493 cm³/mol. The molecule has 0 atom stereocenters. The van der Waals surface area contributed by atoms with Crippen LogP contribution in [0.15, 0.2) is 325 Å². The molecule has 10 heterocycles. The summed E-state index contributed by atoms with van der Waals surface area (Å²) >= 11 is 1.84. The quantitative estimate of drug-likeness (QED) is 0.0871. The molecule has 0 spiro atoms. The summed E-state index contributed by atoms with van der Waals surface area (Å²) in [6.45, 7) is 27.5. The van der Waals surface area contributed by atoms with Crippen molar-refractivity contribution in [3.05, 3.63) is 370 Å². The Balaban J connectivity index is 0.000000145. The molecule has 10 aromatic heterocycles. The van der Waals surface area contributed by atoms with Gasteiger partial charge in [0.05, 0.1) is 33.0 Å². The van der Waals surface area contributed by atoms with Crippen LogP contribution in [0.4, 0.5) is 0 Å². The molecule has 0 unspecified atom stereocenters. The van der Waals surface area contributed by atoms with Crippen molar-refractivity contribution in [1.82, 2.24) is 34.9 Å². The third-order valence-electron chi connectivity index (χ3n) is 20.1. The average molecular weight is 2150 g/mol. The molecule has 3 radical (unpaired) electrons. The maximum atomic E-state index is 6.39. The van der Waals surface area contributed by atoms with E-state index in [1.807, 2.05) is 201 Å². The summed E-state index contributed by atoms with van der Waals surface area (Å²) in [6.07, 6.45) is 12.6. The van der Waals surface area contributed by atoms with Gasteiger partial charge in [0.15, 0.2) is 0 Å². The Morgan fingerprint density at radius 1 is 0.353 bits per heavy atom. The molecular weight excluding hydrogens is 2060 g/mol. The van der Waals surface area contributed by atoms with Crippen LogP contribution < -0.4 is 20.7 Å². The van der Waals surface area contributed by atoms with Gasteiger partial charge in [0.2, 0.25) is 0 Å². The number of para-hydroxylation sites is 1. The minimum atomic E-state index is -1.89. The standard InChI is InChI=1S/C30H31N2OSi.C20H18NOSi.C20H18NSSi.3C11H8N.3Ir/c1-19(2)15-22-17-27(31-18-28(22)34(5,6)23-11-8-7-9-12-23)25-14-10-13-24-26-16-20(3)32-21(4)29(26)33-30(24)25;2*1-23(2,3)15-9-11-18(21-13-15)14-8-10-17-16-6-4-5-7-19(16)22-20(17)12-14;3*1-2-6-10(7-3-1)11-8-4-5-9-12-11;;;/h7-13,16-19H,15H2,1-6H3;2*4-7,9-13H,1-3H3;3*1-6,8-9H;;;/q6*-1;;;. The van der Waals surface area contributed by atoms with Crippen LogP contribution in [-0.2, 0) is 66.7 Å². The molecule has 119 heavy (non-hydrogen) atoms. The molecule has 0 aliphatic heterocycles. The van der Waals surface area contributed by atoms with Gasteiger partial charge in [0.1, 0.15) is 19.2 Å². The number of aromatic nitrogens is 7. The summed E-state index contributed by atoms with van der Waals surface area (Å²) in [5.74, 6) is 0.553. The van der Waals surface area contributed by atoms with Gasteiger partial charge < -0.3 is 38.7 Å². The Bertz CT molecular complexity index is 6000. The van der Waals surface area contributed by atoms with Gasteiger partial charge in [-0.15, -0.1) is 167 Å². The monoisotopic (exact) mass is 2150 g/mol. The zero-order chi connectivity index (χ0) is 80.8. The van der Waals surface area contributed by atoms with Gasteiger partial charge in [-0.2, -0.15) is 11.3 Å². The molecule has 0 amide bonds. The van der Waals surface area contributed by atoms with E-state index in [-0.39, 0.29) is 60.3 Å². The minimum Gasteiger partial charge on any atom is -0.499 e. The van der Waals surface area contributed by atoms with Gasteiger partial charge in [-0.05, 0) is 128 Å². The first kappa shape index (κ1) is 89.2. The molecule has 0 aliphatic rings. The first-order valence-corrected chi connectivity index (χ1v) is 50.0. The van der Waals surface area contributed by atoms with Crippen LogP contribution in [0.3, 0.4) is 0 Å². The van der Waals surface area contributed by atoms with Crippen LogP contribution in [0.5, 0.6) is 0 Å². The Morgan fingerprint density at radius 2 is 0.849 bits per heavy atom. The fourth-order valence-electron chi connectivity index (χ4n) is 13.9. The molecule has 16 heteroatoms. The van der Waals surface area contributed by atoms with E-state index in [2.05, 4.69) is 254 Å². The average Bonchev–Trinajstić information content (AvgIpc) is 1.65. The summed E-state index contributed by atoms with van der Waals surface area (Å²) in [6, 6.07) is 114. The number of hydrogen-bond acceptors (Lipinski definition) is 10. The van der Waals surface area contributed by atoms with Gasteiger partial charge in [-0.3, -0.25) is 4.98 Å². The van der Waals surface area contributed by atoms with E-state index in [1.165, 1.54) is 46.5 Å². The summed E-state index contributed by atoms with van der Waals surface area (Å²) in [7, 11) is -4.50. The van der Waals surface area contributed by atoms with Crippen molar-refractivity contribution in [3.8, 4) is 67.5 Å². The van der Waals surface area contributed by atoms with Gasteiger partial charge in [-0.1, -0.05) is 238 Å². The zero-order valence-corrected chi connectivity index (χ0v) is 79.7. The summed E-state index contributed by atoms with van der Waals surface area (Å²) in [4.78, 5) is 31.6. The number of aryl methyl sites for hydroxylation is 2. The smallest absolute Gasteiger partial charge is 0.142 e. The predicted octanol–water partition coefficient (Wildman–Crippen LogP) is 24.6. The SMILES string of the molecule is C[Si](C)(C)c1ccc(-c2[c-]cc3c(c2)oc2ccccc23)nc1.C[Si](C)(C)c1ccc(-c2[c-]cc3c(c2)sc2ccccc23)nc1.Cc1cc2c(oc3c(-c4cc(CC(C)C)c([Si](C)(C)c5ccccc5)cn4)[c-]ccc32)c(C)n1.[Ir].[Ir].[Ir].[c-]1ccccc1-c1ccccn1.[c-]1ccccc1-c1ccccn1.[c-]1ccccc1-c1ccccn1. The normalized spacial score (nSPS) is 11.1. The van der Waals surface area contributed by atoms with Gasteiger partial charge in [0.25, 0.3) is 0 Å². The summed E-state index contributed by atoms with van der Waals surface area (Å²) in [5, 5.41) is 12.6. The van der Waals surface area contributed by atoms with Gasteiger partial charge >= 0.3 is 0 Å². The van der Waals surface area contributed by atoms with Crippen LogP contribution in [0, 0.1) is 56.2 Å². The molecule has 0 fully saturated rings. The Morgan fingerprint density at radius 3 is 1.36 bits per heavy atom. The number of benzene rings is 9.